The van der Waals surface area contributed by atoms with E-state index in [1.54, 1.807) is 0 Å². The molecule has 0 saturated carbocycles. The molecule has 0 bridgehead atoms. The molecule has 0 radical (unpaired) electrons. The van der Waals surface area contributed by atoms with Crippen LogP contribution >= 0.6 is 0 Å². The Hall–Kier alpha value is -2.89. The van der Waals surface area contributed by atoms with Crippen LogP contribution in [0.1, 0.15) is 35.5 Å². The van der Waals surface area contributed by atoms with Crippen molar-refractivity contribution >= 4 is 17.1 Å². The lowest BCUT2D eigenvalue weighted by Gasteiger charge is -2.27. The normalized spacial score (nSPS) is 16.7. The number of nitrogens with zero attached hydrogens (tertiary/aromatic N) is 1. The van der Waals surface area contributed by atoms with Crippen LogP contribution in [-0.4, -0.2) is 42.3 Å². The zero-order chi connectivity index (χ0) is 21.3. The fourth-order valence-electron chi connectivity index (χ4n) is 3.96. The molecular formula is C25H28N2O3. The van der Waals surface area contributed by atoms with E-state index in [0.717, 1.165) is 40.0 Å². The van der Waals surface area contributed by atoms with Crippen LogP contribution in [0.2, 0.25) is 0 Å². The maximum Gasteiger partial charge on any atom is 0.338 e. The molecule has 1 unspecified atom stereocenters. The third-order valence-electron chi connectivity index (χ3n) is 5.43. The number of carbonyl (C=O) groups is 1. The molecular weight excluding hydrogens is 376 g/mol. The van der Waals surface area contributed by atoms with Crippen LogP contribution in [0, 0.1) is 6.92 Å². The van der Waals surface area contributed by atoms with Crippen molar-refractivity contribution in [2.45, 2.75) is 33.0 Å². The van der Waals surface area contributed by atoms with Crippen molar-refractivity contribution in [1.82, 2.24) is 9.72 Å². The molecule has 1 atom stereocenters. The van der Waals surface area contributed by atoms with Crippen molar-refractivity contribution in [3.63, 3.8) is 0 Å². The highest BCUT2D eigenvalue weighted by atomic mass is 16.5. The van der Waals surface area contributed by atoms with E-state index in [-0.39, 0.29) is 18.2 Å². The quantitative estimate of drug-likeness (QED) is 0.637. The minimum absolute atomic E-state index is 0.139. The van der Waals surface area contributed by atoms with Gasteiger partial charge in [-0.25, -0.2) is 4.79 Å². The van der Waals surface area contributed by atoms with Crippen LogP contribution in [-0.2, 0) is 9.47 Å². The molecule has 5 heteroatoms. The first-order valence-corrected chi connectivity index (χ1v) is 10.4. The van der Waals surface area contributed by atoms with E-state index < -0.39 is 0 Å². The van der Waals surface area contributed by atoms with Gasteiger partial charge in [-0.3, -0.25) is 0 Å². The molecule has 30 heavy (non-hydrogen) atoms. The van der Waals surface area contributed by atoms with Crippen molar-refractivity contribution in [1.29, 1.82) is 0 Å². The molecule has 1 aromatic carbocycles. The van der Waals surface area contributed by atoms with Gasteiger partial charge in [0.1, 0.15) is 0 Å². The number of ether oxygens (including phenoxy) is 2. The highest BCUT2D eigenvalue weighted by molar-refractivity contribution is 5.95. The minimum Gasteiger partial charge on any atom is -0.459 e. The second-order valence-electron chi connectivity index (χ2n) is 7.96. The summed E-state index contributed by atoms with van der Waals surface area (Å²) in [6, 6.07) is 14.2. The number of aromatic nitrogens is 1. The van der Waals surface area contributed by atoms with E-state index in [1.807, 2.05) is 45.0 Å². The summed E-state index contributed by atoms with van der Waals surface area (Å²) in [5.74, 6) is -0.316. The predicted molar refractivity (Wildman–Crippen MR) is 120 cm³/mol. The summed E-state index contributed by atoms with van der Waals surface area (Å²) in [6.07, 6.45) is 1.78. The van der Waals surface area contributed by atoms with Crippen LogP contribution in [0.3, 0.4) is 0 Å². The zero-order valence-corrected chi connectivity index (χ0v) is 17.8. The number of benzene rings is 1. The van der Waals surface area contributed by atoms with Gasteiger partial charge in [0.05, 0.1) is 30.1 Å². The van der Waals surface area contributed by atoms with Gasteiger partial charge in [-0.15, -0.1) is 0 Å². The first-order chi connectivity index (χ1) is 14.5. The fraction of sp³-hybridized carbons (Fsp3) is 0.320. The van der Waals surface area contributed by atoms with Crippen molar-refractivity contribution in [2.24, 2.45) is 0 Å². The molecule has 0 aliphatic carbocycles. The van der Waals surface area contributed by atoms with E-state index in [2.05, 4.69) is 40.7 Å². The van der Waals surface area contributed by atoms with Gasteiger partial charge in [-0.1, -0.05) is 36.9 Å². The number of morpholine rings is 1. The molecule has 2 aromatic heterocycles. The standard InChI is InChI=1S/C25H28N2O3/c1-16(2)30-25(28)22-13-21-12-20(19-8-6-5-7-9-19)15-27(21)24(17(22)3)18(4)23-14-26-10-11-29-23/h5-9,12-13,15-16,23,26H,4,10-11,14H2,1-3H3. The second-order valence-corrected chi connectivity index (χ2v) is 7.96. The summed E-state index contributed by atoms with van der Waals surface area (Å²) in [5, 5.41) is 3.36. The highest BCUT2D eigenvalue weighted by Gasteiger charge is 2.25. The monoisotopic (exact) mass is 404 g/mol. The molecule has 156 valence electrons. The van der Waals surface area contributed by atoms with Crippen molar-refractivity contribution < 1.29 is 14.3 Å². The summed E-state index contributed by atoms with van der Waals surface area (Å²) in [5.41, 5.74) is 6.31. The third-order valence-corrected chi connectivity index (χ3v) is 5.43. The van der Waals surface area contributed by atoms with E-state index in [9.17, 15) is 4.79 Å². The zero-order valence-electron chi connectivity index (χ0n) is 17.8. The van der Waals surface area contributed by atoms with E-state index in [4.69, 9.17) is 9.47 Å². The van der Waals surface area contributed by atoms with Crippen LogP contribution in [0.25, 0.3) is 22.2 Å². The molecule has 0 spiro atoms. The number of hydrogen-bond donors (Lipinski definition) is 1. The number of nitrogens with one attached hydrogen (secondary N) is 1. The maximum atomic E-state index is 12.8. The number of hydrogen-bond acceptors (Lipinski definition) is 4. The van der Waals surface area contributed by atoms with Gasteiger partial charge in [0, 0.05) is 30.4 Å². The SMILES string of the molecule is C=C(c1c(C)c(C(=O)OC(C)C)cc2cc(-c3ccccc3)cn12)C1CNCCO1. The molecule has 1 fully saturated rings. The number of esters is 1. The first kappa shape index (κ1) is 20.4. The molecule has 3 heterocycles. The molecule has 4 rings (SSSR count). The van der Waals surface area contributed by atoms with Crippen LogP contribution in [0.5, 0.6) is 0 Å². The first-order valence-electron chi connectivity index (χ1n) is 10.4. The lowest BCUT2D eigenvalue weighted by molar-refractivity contribution is 0.0376. The molecule has 5 nitrogen and oxygen atoms in total. The Morgan fingerprint density at radius 3 is 2.67 bits per heavy atom. The van der Waals surface area contributed by atoms with Crippen molar-refractivity contribution in [3.05, 3.63) is 72.1 Å². The second kappa shape index (κ2) is 8.46. The molecule has 1 N–H and O–H groups in total. The largest absolute Gasteiger partial charge is 0.459 e. The number of pyridine rings is 1. The Morgan fingerprint density at radius 2 is 2.00 bits per heavy atom. The average Bonchev–Trinajstić information content (AvgIpc) is 3.17. The molecule has 1 aliphatic rings. The van der Waals surface area contributed by atoms with Gasteiger partial charge in [-0.2, -0.15) is 0 Å². The number of fused-ring (bicyclic) bond motifs is 1. The van der Waals surface area contributed by atoms with Crippen molar-refractivity contribution in [3.8, 4) is 11.1 Å². The van der Waals surface area contributed by atoms with Gasteiger partial charge in [-0.05, 0) is 49.6 Å². The number of rotatable bonds is 5. The lowest BCUT2D eigenvalue weighted by atomic mass is 9.98. The van der Waals surface area contributed by atoms with E-state index in [0.29, 0.717) is 18.7 Å². The highest BCUT2D eigenvalue weighted by Crippen LogP contribution is 2.31. The minimum atomic E-state index is -0.316. The Kier molecular flexibility index (Phi) is 5.75. The summed E-state index contributed by atoms with van der Waals surface area (Å²) in [6.45, 7) is 12.2. The number of carbonyl (C=O) groups excluding carboxylic acids is 1. The van der Waals surface area contributed by atoms with Gasteiger partial charge in [0.15, 0.2) is 0 Å². The fourth-order valence-corrected chi connectivity index (χ4v) is 3.96. The molecule has 3 aromatic rings. The average molecular weight is 405 g/mol. The van der Waals surface area contributed by atoms with Crippen molar-refractivity contribution in [2.75, 3.05) is 19.7 Å². The summed E-state index contributed by atoms with van der Waals surface area (Å²) < 4.78 is 13.6. The van der Waals surface area contributed by atoms with Crippen LogP contribution in [0.15, 0.2) is 55.2 Å². The Balaban J connectivity index is 1.88. The Labute approximate surface area is 177 Å². The topological polar surface area (TPSA) is 52.0 Å². The molecule has 1 saturated heterocycles. The van der Waals surface area contributed by atoms with Gasteiger partial charge < -0.3 is 19.2 Å². The molecule has 0 amide bonds. The lowest BCUT2D eigenvalue weighted by Crippen LogP contribution is -2.39. The van der Waals surface area contributed by atoms with Crippen LogP contribution in [0.4, 0.5) is 0 Å². The third kappa shape index (κ3) is 3.91. The van der Waals surface area contributed by atoms with Gasteiger partial charge >= 0.3 is 5.97 Å². The smallest absolute Gasteiger partial charge is 0.338 e. The van der Waals surface area contributed by atoms with Gasteiger partial charge in [0.25, 0.3) is 0 Å². The van der Waals surface area contributed by atoms with Crippen LogP contribution < -0.4 is 5.32 Å². The Morgan fingerprint density at radius 1 is 1.23 bits per heavy atom. The summed E-state index contributed by atoms with van der Waals surface area (Å²) in [4.78, 5) is 12.8. The predicted octanol–water partition coefficient (Wildman–Crippen LogP) is 4.48. The molecule has 1 aliphatic heterocycles. The summed E-state index contributed by atoms with van der Waals surface area (Å²) >= 11 is 0. The Bertz CT molecular complexity index is 1080. The van der Waals surface area contributed by atoms with Gasteiger partial charge in [0.2, 0.25) is 0 Å². The maximum absolute atomic E-state index is 12.8. The van der Waals surface area contributed by atoms with E-state index >= 15 is 0 Å². The summed E-state index contributed by atoms with van der Waals surface area (Å²) in [7, 11) is 0. The van der Waals surface area contributed by atoms with E-state index in [1.165, 1.54) is 0 Å².